The third-order valence-electron chi connectivity index (χ3n) is 5.84. The molecule has 0 amide bonds. The summed E-state index contributed by atoms with van der Waals surface area (Å²) in [6, 6.07) is 30.9. The lowest BCUT2D eigenvalue weighted by Crippen LogP contribution is -2.67. The molecule has 34 heavy (non-hydrogen) atoms. The minimum absolute atomic E-state index is 0.147. The molecular formula is C29H34O4Si. The average Bonchev–Trinajstić information content (AvgIpc) is 2.86. The normalized spacial score (nSPS) is 13.1. The zero-order chi connectivity index (χ0) is 24.4. The van der Waals surface area contributed by atoms with Crippen molar-refractivity contribution in [3.63, 3.8) is 0 Å². The number of rotatable bonds is 10. The molecule has 3 aromatic rings. The van der Waals surface area contributed by atoms with Crippen molar-refractivity contribution < 1.29 is 18.7 Å². The molecule has 3 aromatic carbocycles. The molecule has 0 spiro atoms. The first-order valence-electron chi connectivity index (χ1n) is 11.5. The SMILES string of the molecule is COC(=O)/C=C/[C@@H](CO[Si](c1ccccc1)(c1ccccc1)C(C)(C)C)OCc1ccccc1. The number of carbonyl (C=O) groups excluding carboxylic acids is 1. The van der Waals surface area contributed by atoms with Gasteiger partial charge >= 0.3 is 5.97 Å². The number of methoxy groups -OCH3 is 1. The van der Waals surface area contributed by atoms with Gasteiger partial charge < -0.3 is 13.9 Å². The lowest BCUT2D eigenvalue weighted by Gasteiger charge is -2.43. The van der Waals surface area contributed by atoms with E-state index in [9.17, 15) is 4.79 Å². The Morgan fingerprint density at radius 1 is 0.853 bits per heavy atom. The van der Waals surface area contributed by atoms with Crippen LogP contribution in [0.25, 0.3) is 0 Å². The highest BCUT2D eigenvalue weighted by atomic mass is 28.4. The second-order valence-electron chi connectivity index (χ2n) is 9.19. The molecule has 0 heterocycles. The number of benzene rings is 3. The van der Waals surface area contributed by atoms with Crippen LogP contribution in [0.2, 0.25) is 5.04 Å². The maximum Gasteiger partial charge on any atom is 0.330 e. The van der Waals surface area contributed by atoms with E-state index in [2.05, 4.69) is 69.3 Å². The molecule has 178 valence electrons. The Kier molecular flexibility index (Phi) is 8.99. The van der Waals surface area contributed by atoms with Crippen LogP contribution in [-0.2, 0) is 25.3 Å². The first-order chi connectivity index (χ1) is 16.4. The molecule has 0 radical (unpaired) electrons. The second-order valence-corrected chi connectivity index (χ2v) is 13.5. The fourth-order valence-corrected chi connectivity index (χ4v) is 8.73. The summed E-state index contributed by atoms with van der Waals surface area (Å²) in [5.41, 5.74) is 1.06. The van der Waals surface area contributed by atoms with Gasteiger partial charge in [0.2, 0.25) is 0 Å². The molecule has 0 aliphatic heterocycles. The molecule has 3 rings (SSSR count). The fraction of sp³-hybridized carbons (Fsp3) is 0.276. The Balaban J connectivity index is 1.95. The van der Waals surface area contributed by atoms with E-state index in [1.54, 1.807) is 6.08 Å². The summed E-state index contributed by atoms with van der Waals surface area (Å²) in [4.78, 5) is 11.8. The van der Waals surface area contributed by atoms with Gasteiger partial charge in [-0.25, -0.2) is 4.79 Å². The Hall–Kier alpha value is -2.99. The summed E-state index contributed by atoms with van der Waals surface area (Å²) in [7, 11) is -1.35. The molecule has 5 heteroatoms. The Labute approximate surface area is 204 Å². The van der Waals surface area contributed by atoms with Crippen molar-refractivity contribution in [3.05, 3.63) is 109 Å². The third-order valence-corrected chi connectivity index (χ3v) is 10.8. The molecule has 4 nitrogen and oxygen atoms in total. The van der Waals surface area contributed by atoms with E-state index >= 15 is 0 Å². The summed E-state index contributed by atoms with van der Waals surface area (Å²) in [6.07, 6.45) is 2.72. The quantitative estimate of drug-likeness (QED) is 0.239. The van der Waals surface area contributed by atoms with E-state index in [0.29, 0.717) is 13.2 Å². The monoisotopic (exact) mass is 474 g/mol. The number of ether oxygens (including phenoxy) is 2. The first kappa shape index (κ1) is 25.6. The molecule has 0 saturated heterocycles. The number of hydrogen-bond acceptors (Lipinski definition) is 4. The van der Waals surface area contributed by atoms with Gasteiger partial charge in [-0.1, -0.05) is 112 Å². The van der Waals surface area contributed by atoms with Crippen molar-refractivity contribution in [3.8, 4) is 0 Å². The highest BCUT2D eigenvalue weighted by molar-refractivity contribution is 6.99. The summed E-state index contributed by atoms with van der Waals surface area (Å²) < 4.78 is 18.0. The van der Waals surface area contributed by atoms with Crippen LogP contribution in [0.5, 0.6) is 0 Å². The van der Waals surface area contributed by atoms with Crippen LogP contribution in [0, 0.1) is 0 Å². The van der Waals surface area contributed by atoms with E-state index in [0.717, 1.165) is 5.56 Å². The van der Waals surface area contributed by atoms with Gasteiger partial charge in [-0.2, -0.15) is 0 Å². The van der Waals surface area contributed by atoms with Gasteiger partial charge in [0.1, 0.15) is 0 Å². The van der Waals surface area contributed by atoms with Crippen molar-refractivity contribution in [2.75, 3.05) is 13.7 Å². The molecule has 0 aliphatic carbocycles. The predicted octanol–water partition coefficient (Wildman–Crippen LogP) is 4.88. The van der Waals surface area contributed by atoms with Crippen molar-refractivity contribution in [1.82, 2.24) is 0 Å². The maximum atomic E-state index is 11.8. The van der Waals surface area contributed by atoms with Gasteiger partial charge in [0.25, 0.3) is 8.32 Å². The summed E-state index contributed by atoms with van der Waals surface area (Å²) in [5.74, 6) is -0.418. The van der Waals surface area contributed by atoms with E-state index < -0.39 is 20.4 Å². The van der Waals surface area contributed by atoms with Gasteiger partial charge in [0.05, 0.1) is 26.4 Å². The Morgan fingerprint density at radius 3 is 1.82 bits per heavy atom. The number of esters is 1. The third kappa shape index (κ3) is 6.32. The molecule has 0 saturated carbocycles. The molecule has 0 unspecified atom stereocenters. The fourth-order valence-electron chi connectivity index (χ4n) is 4.16. The van der Waals surface area contributed by atoms with Gasteiger partial charge in [0, 0.05) is 6.08 Å². The van der Waals surface area contributed by atoms with E-state index in [-0.39, 0.29) is 5.04 Å². The zero-order valence-electron chi connectivity index (χ0n) is 20.4. The molecular weight excluding hydrogens is 440 g/mol. The number of hydrogen-bond donors (Lipinski definition) is 0. The lowest BCUT2D eigenvalue weighted by atomic mass is 10.2. The highest BCUT2D eigenvalue weighted by Gasteiger charge is 2.50. The zero-order valence-corrected chi connectivity index (χ0v) is 21.4. The average molecular weight is 475 g/mol. The number of carbonyl (C=O) groups is 1. The van der Waals surface area contributed by atoms with Crippen LogP contribution < -0.4 is 10.4 Å². The molecule has 0 aliphatic rings. The smallest absolute Gasteiger partial charge is 0.330 e. The van der Waals surface area contributed by atoms with Gasteiger partial charge in [-0.3, -0.25) is 0 Å². The molecule has 0 N–H and O–H groups in total. The van der Waals surface area contributed by atoms with Crippen LogP contribution in [0.1, 0.15) is 26.3 Å². The molecule has 0 bridgehead atoms. The molecule has 0 aromatic heterocycles. The summed E-state index contributed by atoms with van der Waals surface area (Å²) in [6.45, 7) is 7.45. The summed E-state index contributed by atoms with van der Waals surface area (Å²) >= 11 is 0. The topological polar surface area (TPSA) is 44.8 Å². The largest absolute Gasteiger partial charge is 0.466 e. The molecule has 1 atom stereocenters. The summed E-state index contributed by atoms with van der Waals surface area (Å²) in [5, 5.41) is 2.26. The first-order valence-corrected chi connectivity index (χ1v) is 13.4. The minimum atomic E-state index is -2.71. The highest BCUT2D eigenvalue weighted by Crippen LogP contribution is 2.37. The molecule has 0 fully saturated rings. The maximum absolute atomic E-state index is 11.8. The van der Waals surface area contributed by atoms with E-state index in [1.165, 1.54) is 23.6 Å². The van der Waals surface area contributed by atoms with Crippen LogP contribution in [0.4, 0.5) is 0 Å². The van der Waals surface area contributed by atoms with E-state index in [4.69, 9.17) is 13.9 Å². The standard InChI is InChI=1S/C29H34O4Si/c1-29(2,3)34(26-16-10-6-11-17-26,27-18-12-7-13-19-27)33-23-25(20-21-28(30)31-4)32-22-24-14-8-5-9-15-24/h5-21,25H,22-23H2,1-4H3/b21-20+/t25-/m0/s1. The minimum Gasteiger partial charge on any atom is -0.466 e. The van der Waals surface area contributed by atoms with Gasteiger partial charge in [0.15, 0.2) is 0 Å². The van der Waals surface area contributed by atoms with Crippen molar-refractivity contribution >= 4 is 24.7 Å². The predicted molar refractivity (Wildman–Crippen MR) is 140 cm³/mol. The van der Waals surface area contributed by atoms with Crippen molar-refractivity contribution in [1.29, 1.82) is 0 Å². The Morgan fingerprint density at radius 2 is 1.35 bits per heavy atom. The van der Waals surface area contributed by atoms with Crippen LogP contribution in [0.15, 0.2) is 103 Å². The Bertz CT molecular complexity index is 1000. The van der Waals surface area contributed by atoms with Gasteiger partial charge in [-0.15, -0.1) is 0 Å². The van der Waals surface area contributed by atoms with Crippen LogP contribution >= 0.6 is 0 Å². The second kappa shape index (κ2) is 11.9. The van der Waals surface area contributed by atoms with Crippen molar-refractivity contribution in [2.45, 2.75) is 38.5 Å². The van der Waals surface area contributed by atoms with Crippen molar-refractivity contribution in [2.24, 2.45) is 0 Å². The van der Waals surface area contributed by atoms with Crippen LogP contribution in [0.3, 0.4) is 0 Å². The van der Waals surface area contributed by atoms with Gasteiger partial charge in [-0.05, 0) is 27.1 Å². The van der Waals surface area contributed by atoms with E-state index in [1.807, 2.05) is 42.5 Å². The van der Waals surface area contributed by atoms with Crippen LogP contribution in [-0.4, -0.2) is 34.1 Å². The lowest BCUT2D eigenvalue weighted by molar-refractivity contribution is -0.134.